The SMILES string of the molecule is CC(CCS(C)=O)n1cnc2c(C(=O)O)cccc21. The number of carboxylic acid groups (broad SMARTS) is 1. The van der Waals surface area contributed by atoms with Gasteiger partial charge in [0.15, 0.2) is 0 Å². The molecular formula is C13H16N2O3S. The van der Waals surface area contributed by atoms with Crippen molar-refractivity contribution in [2.24, 2.45) is 0 Å². The Morgan fingerprint density at radius 1 is 1.53 bits per heavy atom. The topological polar surface area (TPSA) is 72.2 Å². The predicted molar refractivity (Wildman–Crippen MR) is 75.0 cm³/mol. The van der Waals surface area contributed by atoms with Crippen molar-refractivity contribution in [1.82, 2.24) is 9.55 Å². The highest BCUT2D eigenvalue weighted by Crippen LogP contribution is 2.22. The van der Waals surface area contributed by atoms with Crippen LogP contribution in [-0.4, -0.2) is 36.8 Å². The van der Waals surface area contributed by atoms with Gasteiger partial charge in [0, 0.05) is 28.9 Å². The van der Waals surface area contributed by atoms with Crippen LogP contribution >= 0.6 is 0 Å². The molecule has 0 aliphatic carbocycles. The molecule has 2 atom stereocenters. The molecule has 0 saturated carbocycles. The average molecular weight is 280 g/mol. The third-order valence-corrected chi connectivity index (χ3v) is 3.94. The van der Waals surface area contributed by atoms with Crippen molar-refractivity contribution in [3.8, 4) is 0 Å². The minimum absolute atomic E-state index is 0.137. The maximum Gasteiger partial charge on any atom is 0.337 e. The quantitative estimate of drug-likeness (QED) is 0.910. The van der Waals surface area contributed by atoms with Crippen LogP contribution < -0.4 is 0 Å². The summed E-state index contributed by atoms with van der Waals surface area (Å²) in [5, 5.41) is 9.12. The Morgan fingerprint density at radius 3 is 2.89 bits per heavy atom. The third kappa shape index (κ3) is 2.84. The Balaban J connectivity index is 2.38. The van der Waals surface area contributed by atoms with Gasteiger partial charge in [-0.3, -0.25) is 4.21 Å². The van der Waals surface area contributed by atoms with Gasteiger partial charge in [0.05, 0.1) is 17.4 Å². The largest absolute Gasteiger partial charge is 0.478 e. The minimum Gasteiger partial charge on any atom is -0.478 e. The zero-order chi connectivity index (χ0) is 14.0. The molecule has 102 valence electrons. The summed E-state index contributed by atoms with van der Waals surface area (Å²) in [6.07, 6.45) is 4.10. The van der Waals surface area contributed by atoms with E-state index in [0.717, 1.165) is 11.9 Å². The lowest BCUT2D eigenvalue weighted by molar-refractivity contribution is 0.0699. The molecule has 0 spiro atoms. The summed E-state index contributed by atoms with van der Waals surface area (Å²) < 4.78 is 13.1. The summed E-state index contributed by atoms with van der Waals surface area (Å²) in [4.78, 5) is 15.3. The Hall–Kier alpha value is -1.69. The van der Waals surface area contributed by atoms with Gasteiger partial charge in [-0.2, -0.15) is 0 Å². The standard InChI is InChI=1S/C13H16N2O3S/c1-9(6-7-19(2)18)15-8-14-12-10(13(16)17)4-3-5-11(12)15/h3-5,8-9H,6-7H2,1-2H3,(H,16,17). The van der Waals surface area contributed by atoms with E-state index < -0.39 is 16.8 Å². The molecule has 5 nitrogen and oxygen atoms in total. The highest BCUT2D eigenvalue weighted by molar-refractivity contribution is 7.84. The van der Waals surface area contributed by atoms with E-state index >= 15 is 0 Å². The van der Waals surface area contributed by atoms with Gasteiger partial charge in [0.2, 0.25) is 0 Å². The van der Waals surface area contributed by atoms with E-state index in [4.69, 9.17) is 5.11 Å². The lowest BCUT2D eigenvalue weighted by Crippen LogP contribution is -2.08. The van der Waals surface area contributed by atoms with Crippen molar-refractivity contribution in [3.63, 3.8) is 0 Å². The molecule has 0 amide bonds. The molecule has 1 heterocycles. The van der Waals surface area contributed by atoms with Crippen molar-refractivity contribution in [1.29, 1.82) is 0 Å². The van der Waals surface area contributed by atoms with Gasteiger partial charge in [-0.25, -0.2) is 9.78 Å². The van der Waals surface area contributed by atoms with Gasteiger partial charge >= 0.3 is 5.97 Å². The van der Waals surface area contributed by atoms with Crippen molar-refractivity contribution in [2.75, 3.05) is 12.0 Å². The summed E-state index contributed by atoms with van der Waals surface area (Å²) in [6, 6.07) is 5.26. The molecule has 0 aliphatic rings. The first-order valence-electron chi connectivity index (χ1n) is 5.99. The molecule has 19 heavy (non-hydrogen) atoms. The molecule has 0 fully saturated rings. The summed E-state index contributed by atoms with van der Waals surface area (Å²) in [6.45, 7) is 2.02. The van der Waals surface area contributed by atoms with Crippen LogP contribution in [-0.2, 0) is 10.8 Å². The van der Waals surface area contributed by atoms with E-state index in [0.29, 0.717) is 11.3 Å². The smallest absolute Gasteiger partial charge is 0.337 e. The van der Waals surface area contributed by atoms with Gasteiger partial charge < -0.3 is 9.67 Å². The number of hydrogen-bond donors (Lipinski definition) is 1. The minimum atomic E-state index is -0.974. The van der Waals surface area contributed by atoms with E-state index in [1.165, 1.54) is 0 Å². The van der Waals surface area contributed by atoms with Gasteiger partial charge in [0.1, 0.15) is 5.52 Å². The van der Waals surface area contributed by atoms with Crippen molar-refractivity contribution < 1.29 is 14.1 Å². The van der Waals surface area contributed by atoms with Gasteiger partial charge in [0.25, 0.3) is 0 Å². The Kier molecular flexibility index (Phi) is 3.99. The van der Waals surface area contributed by atoms with Gasteiger partial charge in [-0.15, -0.1) is 0 Å². The molecule has 1 aromatic heterocycles. The number of aromatic carboxylic acids is 1. The maximum absolute atomic E-state index is 11.1. The maximum atomic E-state index is 11.1. The van der Waals surface area contributed by atoms with Crippen LogP contribution in [0, 0.1) is 0 Å². The summed E-state index contributed by atoms with van der Waals surface area (Å²) in [7, 11) is -0.821. The number of aromatic nitrogens is 2. The highest BCUT2D eigenvalue weighted by atomic mass is 32.2. The summed E-state index contributed by atoms with van der Waals surface area (Å²) >= 11 is 0. The second-order valence-corrected chi connectivity index (χ2v) is 6.10. The molecule has 2 rings (SSSR count). The number of rotatable bonds is 5. The molecular weight excluding hydrogens is 264 g/mol. The Morgan fingerprint density at radius 2 is 2.26 bits per heavy atom. The molecule has 6 heteroatoms. The van der Waals surface area contributed by atoms with E-state index in [9.17, 15) is 9.00 Å². The number of hydrogen-bond acceptors (Lipinski definition) is 3. The molecule has 0 aliphatic heterocycles. The number of carbonyl (C=O) groups is 1. The van der Waals surface area contributed by atoms with Crippen LogP contribution in [0.15, 0.2) is 24.5 Å². The van der Waals surface area contributed by atoms with Crippen LogP contribution in [0.3, 0.4) is 0 Å². The number of imidazole rings is 1. The Bertz CT molecular complexity index is 636. The second-order valence-electron chi connectivity index (χ2n) is 4.55. The fraction of sp³-hybridized carbons (Fsp3) is 0.385. The number of benzene rings is 1. The highest BCUT2D eigenvalue weighted by Gasteiger charge is 2.15. The molecule has 1 aromatic carbocycles. The molecule has 0 radical (unpaired) electrons. The van der Waals surface area contributed by atoms with E-state index in [2.05, 4.69) is 4.98 Å². The van der Waals surface area contributed by atoms with Crippen LogP contribution in [0.2, 0.25) is 0 Å². The van der Waals surface area contributed by atoms with E-state index in [-0.39, 0.29) is 11.6 Å². The summed E-state index contributed by atoms with van der Waals surface area (Å²) in [5.74, 6) is -0.349. The molecule has 2 unspecified atom stereocenters. The average Bonchev–Trinajstić information content (AvgIpc) is 2.79. The first-order valence-corrected chi connectivity index (χ1v) is 7.72. The first kappa shape index (κ1) is 13.7. The lowest BCUT2D eigenvalue weighted by Gasteiger charge is -2.13. The van der Waals surface area contributed by atoms with Crippen LogP contribution in [0.4, 0.5) is 0 Å². The monoisotopic (exact) mass is 280 g/mol. The molecule has 0 bridgehead atoms. The normalized spacial score (nSPS) is 14.4. The van der Waals surface area contributed by atoms with Crippen LogP contribution in [0.5, 0.6) is 0 Å². The molecule has 0 saturated heterocycles. The zero-order valence-electron chi connectivity index (χ0n) is 10.9. The first-order chi connectivity index (χ1) is 9.00. The summed E-state index contributed by atoms with van der Waals surface area (Å²) in [5.41, 5.74) is 1.51. The van der Waals surface area contributed by atoms with E-state index in [1.54, 1.807) is 24.7 Å². The van der Waals surface area contributed by atoms with Crippen molar-refractivity contribution in [3.05, 3.63) is 30.1 Å². The fourth-order valence-corrected chi connectivity index (χ4v) is 2.73. The number of fused-ring (bicyclic) bond motifs is 1. The van der Waals surface area contributed by atoms with Crippen LogP contribution in [0.1, 0.15) is 29.7 Å². The fourth-order valence-electron chi connectivity index (χ4n) is 2.06. The zero-order valence-corrected chi connectivity index (χ0v) is 11.7. The van der Waals surface area contributed by atoms with Gasteiger partial charge in [-0.05, 0) is 25.5 Å². The van der Waals surface area contributed by atoms with Crippen molar-refractivity contribution >= 4 is 27.8 Å². The Labute approximate surface area is 113 Å². The second kappa shape index (κ2) is 5.52. The number of carboxylic acids is 1. The van der Waals surface area contributed by atoms with E-state index in [1.807, 2.05) is 17.6 Å². The predicted octanol–water partition coefficient (Wildman–Crippen LogP) is 2.06. The number of nitrogens with zero attached hydrogens (tertiary/aromatic N) is 2. The lowest BCUT2D eigenvalue weighted by atomic mass is 10.1. The number of para-hydroxylation sites is 1. The van der Waals surface area contributed by atoms with Crippen molar-refractivity contribution in [2.45, 2.75) is 19.4 Å². The molecule has 1 N–H and O–H groups in total. The third-order valence-electron chi connectivity index (χ3n) is 3.13. The van der Waals surface area contributed by atoms with Gasteiger partial charge in [-0.1, -0.05) is 6.07 Å². The molecule has 2 aromatic rings. The van der Waals surface area contributed by atoms with Crippen LogP contribution in [0.25, 0.3) is 11.0 Å².